The van der Waals surface area contributed by atoms with Gasteiger partial charge in [-0.15, -0.1) is 0 Å². The third kappa shape index (κ3) is 1.90. The summed E-state index contributed by atoms with van der Waals surface area (Å²) >= 11 is 0. The number of aryl methyl sites for hydroxylation is 2. The Labute approximate surface area is 131 Å². The Kier molecular flexibility index (Phi) is 3.04. The summed E-state index contributed by atoms with van der Waals surface area (Å²) in [5.41, 5.74) is 2.86. The predicted octanol–water partition coefficient (Wildman–Crippen LogP) is 3.98. The molecule has 0 radical (unpaired) electrons. The summed E-state index contributed by atoms with van der Waals surface area (Å²) in [7, 11) is 0. The van der Waals surface area contributed by atoms with Gasteiger partial charge < -0.3 is 5.32 Å². The van der Waals surface area contributed by atoms with Crippen molar-refractivity contribution in [2.75, 3.05) is 5.32 Å². The minimum Gasteiger partial charge on any atom is -0.325 e. The van der Waals surface area contributed by atoms with Gasteiger partial charge in [0, 0.05) is 11.1 Å². The second kappa shape index (κ2) is 4.84. The summed E-state index contributed by atoms with van der Waals surface area (Å²) < 4.78 is 0. The van der Waals surface area contributed by atoms with Gasteiger partial charge in [-0.1, -0.05) is 18.9 Å². The fourth-order valence-corrected chi connectivity index (χ4v) is 4.70. The summed E-state index contributed by atoms with van der Waals surface area (Å²) in [5, 5.41) is 12.6. The number of nitriles is 1. The van der Waals surface area contributed by atoms with E-state index in [1.807, 2.05) is 6.07 Å². The first-order chi connectivity index (χ1) is 10.7. The highest BCUT2D eigenvalue weighted by atomic mass is 16.2. The van der Waals surface area contributed by atoms with E-state index in [1.54, 1.807) is 0 Å². The van der Waals surface area contributed by atoms with Crippen molar-refractivity contribution in [1.29, 1.82) is 5.26 Å². The van der Waals surface area contributed by atoms with Gasteiger partial charge in [0.1, 0.15) is 5.41 Å². The Balaban J connectivity index is 1.54. The average Bonchev–Trinajstić information content (AvgIpc) is 2.93. The molecule has 0 bridgehead atoms. The van der Waals surface area contributed by atoms with Gasteiger partial charge in [-0.05, 0) is 68.2 Å². The quantitative estimate of drug-likeness (QED) is 0.897. The first-order valence-electron chi connectivity index (χ1n) is 8.54. The van der Waals surface area contributed by atoms with Crippen molar-refractivity contribution in [2.24, 2.45) is 10.8 Å². The Morgan fingerprint density at radius 1 is 1.09 bits per heavy atom. The lowest BCUT2D eigenvalue weighted by Crippen LogP contribution is -2.28. The predicted molar refractivity (Wildman–Crippen MR) is 85.3 cm³/mol. The third-order valence-electron chi connectivity index (χ3n) is 6.13. The highest BCUT2D eigenvalue weighted by Gasteiger charge is 2.72. The van der Waals surface area contributed by atoms with Crippen LogP contribution in [0.2, 0.25) is 0 Å². The van der Waals surface area contributed by atoms with Gasteiger partial charge in [0.25, 0.3) is 0 Å². The van der Waals surface area contributed by atoms with E-state index < -0.39 is 5.41 Å². The number of fused-ring (bicyclic) bond motifs is 1. The molecule has 1 N–H and O–H groups in total. The van der Waals surface area contributed by atoms with E-state index in [1.165, 1.54) is 24.0 Å². The number of nitrogens with zero attached hydrogens (tertiary/aromatic N) is 1. The maximum Gasteiger partial charge on any atom is 0.245 e. The number of benzene rings is 1. The van der Waals surface area contributed by atoms with Gasteiger partial charge in [-0.3, -0.25) is 4.79 Å². The zero-order valence-electron chi connectivity index (χ0n) is 13.0. The fraction of sp³-hybridized carbons (Fsp3) is 0.579. The van der Waals surface area contributed by atoms with Gasteiger partial charge in [0.2, 0.25) is 5.91 Å². The van der Waals surface area contributed by atoms with Crippen LogP contribution in [-0.4, -0.2) is 5.91 Å². The van der Waals surface area contributed by atoms with Crippen LogP contribution in [0, 0.1) is 22.2 Å². The minimum atomic E-state index is -0.764. The smallest absolute Gasteiger partial charge is 0.245 e. The number of amides is 1. The van der Waals surface area contributed by atoms with E-state index >= 15 is 0 Å². The van der Waals surface area contributed by atoms with Crippen LogP contribution in [0.5, 0.6) is 0 Å². The molecule has 3 aliphatic carbocycles. The molecule has 2 saturated carbocycles. The molecule has 1 amide bonds. The van der Waals surface area contributed by atoms with E-state index in [-0.39, 0.29) is 11.3 Å². The minimum absolute atomic E-state index is 0.0138. The van der Waals surface area contributed by atoms with Crippen LogP contribution in [0.3, 0.4) is 0 Å². The number of rotatable bonds is 2. The molecule has 22 heavy (non-hydrogen) atoms. The molecule has 3 heteroatoms. The van der Waals surface area contributed by atoms with Gasteiger partial charge >= 0.3 is 0 Å². The molecule has 1 unspecified atom stereocenters. The van der Waals surface area contributed by atoms with Crippen LogP contribution in [0.25, 0.3) is 0 Å². The molecule has 3 aliphatic rings. The van der Waals surface area contributed by atoms with Gasteiger partial charge in [0.05, 0.1) is 6.07 Å². The third-order valence-corrected chi connectivity index (χ3v) is 6.13. The number of carbonyl (C=O) groups excluding carboxylic acids is 1. The van der Waals surface area contributed by atoms with Crippen LogP contribution in [0.15, 0.2) is 18.2 Å². The van der Waals surface area contributed by atoms with Crippen LogP contribution < -0.4 is 5.32 Å². The van der Waals surface area contributed by atoms with Crippen LogP contribution in [0.4, 0.5) is 5.69 Å². The lowest BCUT2D eigenvalue weighted by molar-refractivity contribution is -0.120. The molecule has 0 saturated heterocycles. The Bertz CT molecular complexity index is 667. The van der Waals surface area contributed by atoms with Gasteiger partial charge in [0.15, 0.2) is 0 Å². The Morgan fingerprint density at radius 3 is 2.55 bits per heavy atom. The van der Waals surface area contributed by atoms with E-state index in [4.69, 9.17) is 0 Å². The number of carbonyl (C=O) groups is 1. The van der Waals surface area contributed by atoms with E-state index in [2.05, 4.69) is 23.5 Å². The van der Waals surface area contributed by atoms with E-state index in [9.17, 15) is 10.1 Å². The maximum atomic E-state index is 12.7. The molecular weight excluding hydrogens is 272 g/mol. The maximum absolute atomic E-state index is 12.7. The zero-order valence-corrected chi connectivity index (χ0v) is 13.0. The van der Waals surface area contributed by atoms with Crippen molar-refractivity contribution in [3.63, 3.8) is 0 Å². The van der Waals surface area contributed by atoms with Crippen molar-refractivity contribution in [1.82, 2.24) is 0 Å². The highest BCUT2D eigenvalue weighted by molar-refractivity contribution is 6.00. The lowest BCUT2D eigenvalue weighted by Gasteiger charge is -2.18. The fourth-order valence-electron chi connectivity index (χ4n) is 4.70. The molecule has 0 aromatic heterocycles. The second-order valence-corrected chi connectivity index (χ2v) is 7.33. The first-order valence-corrected chi connectivity index (χ1v) is 8.54. The van der Waals surface area contributed by atoms with Gasteiger partial charge in [-0.2, -0.15) is 5.26 Å². The Hall–Kier alpha value is -1.82. The molecule has 3 nitrogen and oxygen atoms in total. The number of hydrogen-bond donors (Lipinski definition) is 1. The molecule has 0 aliphatic heterocycles. The van der Waals surface area contributed by atoms with Crippen LogP contribution >= 0.6 is 0 Å². The molecule has 4 rings (SSSR count). The van der Waals surface area contributed by atoms with Crippen molar-refractivity contribution < 1.29 is 4.79 Å². The van der Waals surface area contributed by atoms with Crippen molar-refractivity contribution in [3.8, 4) is 6.07 Å². The SMILES string of the molecule is N#CC1(C(=O)Nc2ccc3c(c2)CCCC3)CC12CCCC2. The first kappa shape index (κ1) is 13.8. The summed E-state index contributed by atoms with van der Waals surface area (Å²) in [6.45, 7) is 0. The standard InChI is InChI=1S/C19H22N2O/c20-13-19(12-18(19)9-3-4-10-18)17(22)21-16-8-7-14-5-1-2-6-15(14)11-16/h7-8,11H,1-6,9-10,12H2,(H,21,22). The van der Waals surface area contributed by atoms with E-state index in [0.717, 1.165) is 50.6 Å². The molecule has 2 fully saturated rings. The van der Waals surface area contributed by atoms with Crippen molar-refractivity contribution in [3.05, 3.63) is 29.3 Å². The molecule has 1 spiro atoms. The molecule has 0 heterocycles. The molecule has 1 aromatic rings. The lowest BCUT2D eigenvalue weighted by atomic mass is 9.90. The number of hydrogen-bond acceptors (Lipinski definition) is 2. The van der Waals surface area contributed by atoms with Crippen molar-refractivity contribution in [2.45, 2.75) is 57.8 Å². The monoisotopic (exact) mass is 294 g/mol. The van der Waals surface area contributed by atoms with Crippen molar-refractivity contribution >= 4 is 11.6 Å². The van der Waals surface area contributed by atoms with Crippen LogP contribution in [-0.2, 0) is 17.6 Å². The summed E-state index contributed by atoms with van der Waals surface area (Å²) in [6.07, 6.45) is 9.91. The summed E-state index contributed by atoms with van der Waals surface area (Å²) in [4.78, 5) is 12.7. The summed E-state index contributed by atoms with van der Waals surface area (Å²) in [5.74, 6) is -0.0762. The Morgan fingerprint density at radius 2 is 1.82 bits per heavy atom. The molecular formula is C19H22N2O. The number of anilines is 1. The topological polar surface area (TPSA) is 52.9 Å². The average molecular weight is 294 g/mol. The zero-order chi connectivity index (χ0) is 15.2. The molecule has 1 aromatic carbocycles. The largest absolute Gasteiger partial charge is 0.325 e. The highest BCUT2D eigenvalue weighted by Crippen LogP contribution is 2.71. The van der Waals surface area contributed by atoms with E-state index in [0.29, 0.717) is 0 Å². The van der Waals surface area contributed by atoms with Crippen LogP contribution in [0.1, 0.15) is 56.1 Å². The molecule has 114 valence electrons. The second-order valence-electron chi connectivity index (χ2n) is 7.33. The summed E-state index contributed by atoms with van der Waals surface area (Å²) in [6, 6.07) is 8.60. The number of nitrogens with one attached hydrogen (secondary N) is 1. The normalized spacial score (nSPS) is 28.0. The molecule has 1 atom stereocenters. The van der Waals surface area contributed by atoms with Gasteiger partial charge in [-0.25, -0.2) is 0 Å².